The molecule has 0 aliphatic carbocycles. The lowest BCUT2D eigenvalue weighted by Crippen LogP contribution is -2.34. The average molecular weight is 288 g/mol. The second kappa shape index (κ2) is 6.11. The van der Waals surface area contributed by atoms with Crippen LogP contribution in [0.5, 0.6) is 5.75 Å². The van der Waals surface area contributed by atoms with Gasteiger partial charge in [0.05, 0.1) is 12.8 Å². The molecule has 0 aromatic carbocycles. The lowest BCUT2D eigenvalue weighted by atomic mass is 9.98. The minimum Gasteiger partial charge on any atom is -0.492 e. The maximum atomic E-state index is 12.3. The van der Waals surface area contributed by atoms with E-state index in [9.17, 15) is 18.0 Å². The van der Waals surface area contributed by atoms with Crippen molar-refractivity contribution in [2.45, 2.75) is 19.0 Å². The van der Waals surface area contributed by atoms with Crippen LogP contribution in [0.2, 0.25) is 0 Å². The number of aromatic nitrogens is 1. The van der Waals surface area contributed by atoms with Crippen molar-refractivity contribution < 1.29 is 22.7 Å². The molecule has 1 aromatic heterocycles. The van der Waals surface area contributed by atoms with Crippen molar-refractivity contribution in [1.82, 2.24) is 9.88 Å². The van der Waals surface area contributed by atoms with Crippen molar-refractivity contribution in [2.24, 2.45) is 5.92 Å². The summed E-state index contributed by atoms with van der Waals surface area (Å²) in [4.78, 5) is 15.6. The molecular weight excluding hydrogens is 273 g/mol. The first-order valence-corrected chi connectivity index (χ1v) is 6.34. The third-order valence-corrected chi connectivity index (χ3v) is 3.31. The number of ether oxygens (including phenoxy) is 1. The van der Waals surface area contributed by atoms with Crippen molar-refractivity contribution in [2.75, 3.05) is 19.7 Å². The molecule has 0 saturated carbocycles. The first kappa shape index (κ1) is 14.6. The fourth-order valence-electron chi connectivity index (χ4n) is 2.07. The summed E-state index contributed by atoms with van der Waals surface area (Å²) in [6, 6.07) is 2.18. The Labute approximate surface area is 114 Å². The SMILES string of the molecule is O=CN1CCC(COc2ccc(C(F)(F)F)nc2)CC1. The van der Waals surface area contributed by atoms with Crippen molar-refractivity contribution >= 4 is 6.41 Å². The molecule has 110 valence electrons. The van der Waals surface area contributed by atoms with E-state index in [1.54, 1.807) is 4.90 Å². The number of likely N-dealkylation sites (tertiary alicyclic amines) is 1. The number of piperidine rings is 1. The summed E-state index contributed by atoms with van der Waals surface area (Å²) in [5, 5.41) is 0. The number of amides is 1. The van der Waals surface area contributed by atoms with E-state index in [1.807, 2.05) is 0 Å². The number of hydrogen-bond acceptors (Lipinski definition) is 3. The minimum absolute atomic E-state index is 0.313. The van der Waals surface area contributed by atoms with Crippen LogP contribution in [0.3, 0.4) is 0 Å². The third kappa shape index (κ3) is 3.85. The molecule has 7 heteroatoms. The third-order valence-electron chi connectivity index (χ3n) is 3.31. The Bertz CT molecular complexity index is 440. The molecular formula is C13H15F3N2O2. The highest BCUT2D eigenvalue weighted by atomic mass is 19.4. The van der Waals surface area contributed by atoms with Crippen LogP contribution in [0.4, 0.5) is 13.2 Å². The second-order valence-corrected chi connectivity index (χ2v) is 4.77. The molecule has 0 radical (unpaired) electrons. The number of pyridine rings is 1. The van der Waals surface area contributed by atoms with E-state index in [2.05, 4.69) is 4.98 Å². The van der Waals surface area contributed by atoms with E-state index in [-0.39, 0.29) is 0 Å². The number of rotatable bonds is 4. The zero-order valence-electron chi connectivity index (χ0n) is 10.8. The van der Waals surface area contributed by atoms with Gasteiger partial charge in [-0.2, -0.15) is 13.2 Å². The highest BCUT2D eigenvalue weighted by Crippen LogP contribution is 2.28. The van der Waals surface area contributed by atoms with Gasteiger partial charge < -0.3 is 9.64 Å². The quantitative estimate of drug-likeness (QED) is 0.799. The predicted octanol–water partition coefficient (Wildman–Crippen LogP) is 2.35. The summed E-state index contributed by atoms with van der Waals surface area (Å²) < 4.78 is 42.4. The van der Waals surface area contributed by atoms with Gasteiger partial charge in [-0.15, -0.1) is 0 Å². The molecule has 4 nitrogen and oxygen atoms in total. The molecule has 1 aromatic rings. The lowest BCUT2D eigenvalue weighted by molar-refractivity contribution is -0.141. The monoisotopic (exact) mass is 288 g/mol. The molecule has 0 atom stereocenters. The maximum absolute atomic E-state index is 12.3. The van der Waals surface area contributed by atoms with Crippen molar-refractivity contribution in [3.8, 4) is 5.75 Å². The van der Waals surface area contributed by atoms with Crippen LogP contribution < -0.4 is 4.74 Å². The number of nitrogens with zero attached hydrogens (tertiary/aromatic N) is 2. The lowest BCUT2D eigenvalue weighted by Gasteiger charge is -2.28. The van der Waals surface area contributed by atoms with Crippen LogP contribution in [-0.2, 0) is 11.0 Å². The average Bonchev–Trinajstić information content (AvgIpc) is 2.45. The highest BCUT2D eigenvalue weighted by molar-refractivity contribution is 5.47. The van der Waals surface area contributed by atoms with Crippen molar-refractivity contribution in [3.05, 3.63) is 24.0 Å². The van der Waals surface area contributed by atoms with Crippen LogP contribution in [0, 0.1) is 5.92 Å². The number of carbonyl (C=O) groups excluding carboxylic acids is 1. The van der Waals surface area contributed by atoms with Gasteiger partial charge in [-0.05, 0) is 30.9 Å². The molecule has 1 aliphatic heterocycles. The Morgan fingerprint density at radius 3 is 2.55 bits per heavy atom. The van der Waals surface area contributed by atoms with Gasteiger partial charge in [0.1, 0.15) is 11.4 Å². The summed E-state index contributed by atoms with van der Waals surface area (Å²) in [6.07, 6.45) is -0.833. The Hall–Kier alpha value is -1.79. The fraction of sp³-hybridized carbons (Fsp3) is 0.538. The van der Waals surface area contributed by atoms with Crippen LogP contribution >= 0.6 is 0 Å². The maximum Gasteiger partial charge on any atom is 0.433 e. The van der Waals surface area contributed by atoms with Gasteiger partial charge >= 0.3 is 6.18 Å². The molecule has 1 aliphatic rings. The Morgan fingerprint density at radius 1 is 1.35 bits per heavy atom. The summed E-state index contributed by atoms with van der Waals surface area (Å²) in [6.45, 7) is 1.82. The smallest absolute Gasteiger partial charge is 0.433 e. The highest BCUT2D eigenvalue weighted by Gasteiger charge is 2.32. The van der Waals surface area contributed by atoms with Crippen molar-refractivity contribution in [1.29, 1.82) is 0 Å². The Morgan fingerprint density at radius 2 is 2.05 bits per heavy atom. The van der Waals surface area contributed by atoms with Gasteiger partial charge in [0, 0.05) is 13.1 Å². The molecule has 20 heavy (non-hydrogen) atoms. The largest absolute Gasteiger partial charge is 0.492 e. The van der Waals surface area contributed by atoms with E-state index < -0.39 is 11.9 Å². The van der Waals surface area contributed by atoms with Crippen LogP contribution in [-0.4, -0.2) is 36.0 Å². The summed E-state index contributed by atoms with van der Waals surface area (Å²) in [5.41, 5.74) is -0.927. The van der Waals surface area contributed by atoms with E-state index in [0.29, 0.717) is 31.4 Å². The van der Waals surface area contributed by atoms with Crippen LogP contribution in [0.1, 0.15) is 18.5 Å². The van der Waals surface area contributed by atoms with Gasteiger partial charge in [0.2, 0.25) is 6.41 Å². The van der Waals surface area contributed by atoms with Crippen molar-refractivity contribution in [3.63, 3.8) is 0 Å². The number of halogens is 3. The Kier molecular flexibility index (Phi) is 4.46. The van der Waals surface area contributed by atoms with Gasteiger partial charge in [-0.1, -0.05) is 0 Å². The van der Waals surface area contributed by atoms with E-state index in [4.69, 9.17) is 4.74 Å². The molecule has 2 heterocycles. The molecule has 2 rings (SSSR count). The molecule has 0 spiro atoms. The molecule has 0 N–H and O–H groups in total. The molecule has 1 amide bonds. The van der Waals surface area contributed by atoms with Gasteiger partial charge in [-0.3, -0.25) is 4.79 Å². The molecule has 1 saturated heterocycles. The zero-order valence-corrected chi connectivity index (χ0v) is 10.8. The van der Waals surface area contributed by atoms with Gasteiger partial charge in [-0.25, -0.2) is 4.98 Å². The molecule has 0 unspecified atom stereocenters. The van der Waals surface area contributed by atoms with E-state index >= 15 is 0 Å². The number of alkyl halides is 3. The zero-order chi connectivity index (χ0) is 14.6. The molecule has 0 bridgehead atoms. The Balaban J connectivity index is 1.81. The summed E-state index contributed by atoms with van der Waals surface area (Å²) in [5.74, 6) is 0.643. The first-order valence-electron chi connectivity index (χ1n) is 6.34. The first-order chi connectivity index (χ1) is 9.49. The summed E-state index contributed by atoms with van der Waals surface area (Å²) in [7, 11) is 0. The van der Waals surface area contributed by atoms with Crippen LogP contribution in [0.15, 0.2) is 18.3 Å². The summed E-state index contributed by atoms with van der Waals surface area (Å²) >= 11 is 0. The standard InChI is InChI=1S/C13H15F3N2O2/c14-13(15,16)12-2-1-11(7-17-12)20-8-10-3-5-18(9-19)6-4-10/h1-2,7,9-10H,3-6,8H2. The normalized spacial score (nSPS) is 17.1. The second-order valence-electron chi connectivity index (χ2n) is 4.77. The van der Waals surface area contributed by atoms with E-state index in [1.165, 1.54) is 6.07 Å². The van der Waals surface area contributed by atoms with Gasteiger partial charge in [0.15, 0.2) is 0 Å². The molecule has 1 fully saturated rings. The topological polar surface area (TPSA) is 42.4 Å². The van der Waals surface area contributed by atoms with Gasteiger partial charge in [0.25, 0.3) is 0 Å². The van der Waals surface area contributed by atoms with Crippen LogP contribution in [0.25, 0.3) is 0 Å². The fourth-order valence-corrected chi connectivity index (χ4v) is 2.07. The van der Waals surface area contributed by atoms with E-state index in [0.717, 1.165) is 31.5 Å². The number of hydrogen-bond donors (Lipinski definition) is 0. The number of carbonyl (C=O) groups is 1. The predicted molar refractivity (Wildman–Crippen MR) is 65.1 cm³/mol. The minimum atomic E-state index is -4.43.